The second-order valence-electron chi connectivity index (χ2n) is 5.72. The van der Waals surface area contributed by atoms with Crippen LogP contribution in [0.25, 0.3) is 0 Å². The van der Waals surface area contributed by atoms with E-state index in [1.54, 1.807) is 24.3 Å². The summed E-state index contributed by atoms with van der Waals surface area (Å²) in [6.07, 6.45) is 1.04. The minimum absolute atomic E-state index is 0.0131. The normalized spacial score (nSPS) is 11.2. The van der Waals surface area contributed by atoms with Crippen molar-refractivity contribution >= 4 is 38.9 Å². The predicted octanol–water partition coefficient (Wildman–Crippen LogP) is 3.75. The van der Waals surface area contributed by atoms with Gasteiger partial charge in [0.15, 0.2) is 0 Å². The number of hydrogen-bond acceptors (Lipinski definition) is 4. The van der Waals surface area contributed by atoms with E-state index in [0.717, 1.165) is 6.26 Å². The largest absolute Gasteiger partial charge is 0.491 e. The lowest BCUT2D eigenvalue weighted by molar-refractivity contribution is 0.102. The topological polar surface area (TPSA) is 84.5 Å². The van der Waals surface area contributed by atoms with E-state index in [9.17, 15) is 13.2 Å². The first-order valence-corrected chi connectivity index (χ1v) is 9.76. The van der Waals surface area contributed by atoms with Crippen LogP contribution in [-0.4, -0.2) is 26.7 Å². The predicted molar refractivity (Wildman–Crippen MR) is 100 cm³/mol. The summed E-state index contributed by atoms with van der Waals surface area (Å²) in [7, 11) is -3.45. The van der Waals surface area contributed by atoms with Gasteiger partial charge in [0.2, 0.25) is 10.0 Å². The van der Waals surface area contributed by atoms with Crippen molar-refractivity contribution in [3.8, 4) is 5.75 Å². The van der Waals surface area contributed by atoms with Gasteiger partial charge >= 0.3 is 0 Å². The number of rotatable bonds is 6. The van der Waals surface area contributed by atoms with Crippen molar-refractivity contribution in [3.63, 3.8) is 0 Å². The van der Waals surface area contributed by atoms with E-state index < -0.39 is 15.9 Å². The Morgan fingerprint density at radius 2 is 1.84 bits per heavy atom. The molecule has 8 heteroatoms. The lowest BCUT2D eigenvalue weighted by atomic mass is 10.2. The molecule has 0 saturated heterocycles. The van der Waals surface area contributed by atoms with Crippen molar-refractivity contribution in [1.82, 2.24) is 0 Å². The van der Waals surface area contributed by atoms with Crippen LogP contribution in [-0.2, 0) is 10.0 Å². The molecular formula is C17H19ClN2O4S. The highest BCUT2D eigenvalue weighted by atomic mass is 35.5. The standard InChI is InChI=1S/C17H19ClN2O4S/c1-11(2)24-14-6-4-5-12(9-14)19-17(21)15-10-13(7-8-16(15)18)20-25(3,22)23/h4-11,20H,1-3H3,(H,19,21). The van der Waals surface area contributed by atoms with Crippen molar-refractivity contribution in [3.05, 3.63) is 53.1 Å². The Bertz CT molecular complexity index is 882. The van der Waals surface area contributed by atoms with Gasteiger partial charge < -0.3 is 10.1 Å². The van der Waals surface area contributed by atoms with E-state index in [4.69, 9.17) is 16.3 Å². The number of ether oxygens (including phenoxy) is 1. The monoisotopic (exact) mass is 382 g/mol. The minimum atomic E-state index is -3.45. The summed E-state index contributed by atoms with van der Waals surface area (Å²) in [6, 6.07) is 11.3. The van der Waals surface area contributed by atoms with Crippen LogP contribution in [0.5, 0.6) is 5.75 Å². The van der Waals surface area contributed by atoms with Crippen molar-refractivity contribution in [2.75, 3.05) is 16.3 Å². The Kier molecular flexibility index (Phi) is 5.92. The summed E-state index contributed by atoms with van der Waals surface area (Å²) in [6.45, 7) is 3.82. The molecule has 0 aliphatic carbocycles. The fourth-order valence-corrected chi connectivity index (χ4v) is 2.85. The summed E-state index contributed by atoms with van der Waals surface area (Å²) in [5.41, 5.74) is 0.958. The Morgan fingerprint density at radius 3 is 2.48 bits per heavy atom. The number of amides is 1. The van der Waals surface area contributed by atoms with Gasteiger partial charge in [0.25, 0.3) is 5.91 Å². The molecule has 0 aromatic heterocycles. The van der Waals surface area contributed by atoms with Crippen molar-refractivity contribution in [2.45, 2.75) is 20.0 Å². The zero-order valence-corrected chi connectivity index (χ0v) is 15.6. The van der Waals surface area contributed by atoms with Crippen LogP contribution in [0.15, 0.2) is 42.5 Å². The third kappa shape index (κ3) is 5.95. The average molecular weight is 383 g/mol. The van der Waals surface area contributed by atoms with Gasteiger partial charge in [-0.05, 0) is 44.2 Å². The molecule has 1 amide bonds. The lowest BCUT2D eigenvalue weighted by Gasteiger charge is -2.12. The molecule has 2 N–H and O–H groups in total. The third-order valence-corrected chi connectivity index (χ3v) is 3.91. The number of sulfonamides is 1. The number of carbonyl (C=O) groups excluding carboxylic acids is 1. The van der Waals surface area contributed by atoms with Crippen LogP contribution >= 0.6 is 11.6 Å². The van der Waals surface area contributed by atoms with Gasteiger partial charge in [-0.3, -0.25) is 9.52 Å². The highest BCUT2D eigenvalue weighted by Crippen LogP contribution is 2.24. The van der Waals surface area contributed by atoms with E-state index in [1.807, 2.05) is 13.8 Å². The van der Waals surface area contributed by atoms with Crippen LogP contribution in [0.3, 0.4) is 0 Å². The third-order valence-electron chi connectivity index (χ3n) is 2.98. The summed E-state index contributed by atoms with van der Waals surface area (Å²) in [5, 5.41) is 2.94. The Balaban J connectivity index is 2.22. The first-order valence-electron chi connectivity index (χ1n) is 7.49. The molecule has 0 heterocycles. The molecule has 0 fully saturated rings. The number of benzene rings is 2. The number of halogens is 1. The molecule has 25 heavy (non-hydrogen) atoms. The quantitative estimate of drug-likeness (QED) is 0.796. The van der Waals surface area contributed by atoms with E-state index in [2.05, 4.69) is 10.0 Å². The van der Waals surface area contributed by atoms with E-state index in [-0.39, 0.29) is 22.4 Å². The lowest BCUT2D eigenvalue weighted by Crippen LogP contribution is -2.14. The number of hydrogen-bond donors (Lipinski definition) is 2. The van der Waals surface area contributed by atoms with Crippen LogP contribution in [0.4, 0.5) is 11.4 Å². The zero-order chi connectivity index (χ0) is 18.6. The number of carbonyl (C=O) groups is 1. The maximum Gasteiger partial charge on any atom is 0.257 e. The zero-order valence-electron chi connectivity index (χ0n) is 14.0. The fraction of sp³-hybridized carbons (Fsp3) is 0.235. The van der Waals surface area contributed by atoms with Gasteiger partial charge in [0.1, 0.15) is 5.75 Å². The Labute approximate surface area is 152 Å². The van der Waals surface area contributed by atoms with Crippen LogP contribution in [0.1, 0.15) is 24.2 Å². The SMILES string of the molecule is CC(C)Oc1cccc(NC(=O)c2cc(NS(C)(=O)=O)ccc2Cl)c1. The molecule has 0 saturated carbocycles. The molecule has 2 aromatic carbocycles. The first-order chi connectivity index (χ1) is 11.6. The average Bonchev–Trinajstić information content (AvgIpc) is 2.47. The van der Waals surface area contributed by atoms with Gasteiger partial charge in [-0.2, -0.15) is 0 Å². The number of anilines is 2. The molecule has 0 atom stereocenters. The van der Waals surface area contributed by atoms with Gasteiger partial charge in [0.05, 0.1) is 22.9 Å². The summed E-state index contributed by atoms with van der Waals surface area (Å²) in [5.74, 6) is 0.176. The van der Waals surface area contributed by atoms with E-state index >= 15 is 0 Å². The molecule has 0 radical (unpaired) electrons. The first kappa shape index (κ1) is 19.1. The fourth-order valence-electron chi connectivity index (χ4n) is 2.09. The Hall–Kier alpha value is -2.25. The van der Waals surface area contributed by atoms with Crippen LogP contribution in [0.2, 0.25) is 5.02 Å². The second kappa shape index (κ2) is 7.76. The summed E-state index contributed by atoms with van der Waals surface area (Å²) >= 11 is 6.07. The molecule has 0 aliphatic heterocycles. The van der Waals surface area contributed by atoms with Crippen LogP contribution < -0.4 is 14.8 Å². The molecular weight excluding hydrogens is 364 g/mol. The second-order valence-corrected chi connectivity index (χ2v) is 7.87. The maximum absolute atomic E-state index is 12.5. The molecule has 0 bridgehead atoms. The minimum Gasteiger partial charge on any atom is -0.491 e. The van der Waals surface area contributed by atoms with Gasteiger partial charge in [-0.25, -0.2) is 8.42 Å². The van der Waals surface area contributed by atoms with Crippen molar-refractivity contribution in [1.29, 1.82) is 0 Å². The molecule has 0 spiro atoms. The molecule has 6 nitrogen and oxygen atoms in total. The maximum atomic E-state index is 12.5. The van der Waals surface area contributed by atoms with Gasteiger partial charge in [0, 0.05) is 17.4 Å². The molecule has 2 aromatic rings. The van der Waals surface area contributed by atoms with Gasteiger partial charge in [-0.15, -0.1) is 0 Å². The highest BCUT2D eigenvalue weighted by Gasteiger charge is 2.13. The number of nitrogens with one attached hydrogen (secondary N) is 2. The van der Waals surface area contributed by atoms with Crippen molar-refractivity contribution in [2.24, 2.45) is 0 Å². The molecule has 2 rings (SSSR count). The summed E-state index contributed by atoms with van der Waals surface area (Å²) < 4.78 is 30.5. The molecule has 134 valence electrons. The Morgan fingerprint density at radius 1 is 1.12 bits per heavy atom. The highest BCUT2D eigenvalue weighted by molar-refractivity contribution is 7.92. The van der Waals surface area contributed by atoms with Crippen LogP contribution in [0, 0.1) is 0 Å². The molecule has 0 aliphatic rings. The molecule has 0 unspecified atom stereocenters. The smallest absolute Gasteiger partial charge is 0.257 e. The van der Waals surface area contributed by atoms with E-state index in [1.165, 1.54) is 18.2 Å². The van der Waals surface area contributed by atoms with Crippen molar-refractivity contribution < 1.29 is 17.9 Å². The van der Waals surface area contributed by atoms with Gasteiger partial charge in [-0.1, -0.05) is 17.7 Å². The summed E-state index contributed by atoms with van der Waals surface area (Å²) in [4.78, 5) is 12.5. The van der Waals surface area contributed by atoms with E-state index in [0.29, 0.717) is 11.4 Å².